The molecular formula is C17H20N4O. The summed E-state index contributed by atoms with van der Waals surface area (Å²) in [7, 11) is 2.06. The van der Waals surface area contributed by atoms with Crippen LogP contribution in [0.1, 0.15) is 27.3 Å². The monoisotopic (exact) mass is 296 g/mol. The Hall–Kier alpha value is -2.56. The molecule has 1 aromatic carbocycles. The molecule has 0 fully saturated rings. The normalized spacial score (nSPS) is 11.0. The van der Waals surface area contributed by atoms with E-state index in [1.165, 1.54) is 17.0 Å². The molecule has 2 aromatic heterocycles. The molecule has 5 heteroatoms. The number of fused-ring (bicyclic) bond motifs is 1. The molecule has 0 bridgehead atoms. The van der Waals surface area contributed by atoms with E-state index in [2.05, 4.69) is 46.8 Å². The molecule has 2 heterocycles. The first kappa shape index (κ1) is 14.4. The van der Waals surface area contributed by atoms with Crippen molar-refractivity contribution in [2.24, 2.45) is 7.05 Å². The highest BCUT2D eigenvalue weighted by Crippen LogP contribution is 2.14. The number of nitrogens with one attached hydrogen (secondary N) is 2. The number of carbonyl (C=O) groups excluding carboxylic acids is 1. The summed E-state index contributed by atoms with van der Waals surface area (Å²) in [6.45, 7) is 4.83. The van der Waals surface area contributed by atoms with Gasteiger partial charge in [-0.2, -0.15) is 0 Å². The van der Waals surface area contributed by atoms with Crippen LogP contribution in [0, 0.1) is 13.8 Å². The zero-order valence-corrected chi connectivity index (χ0v) is 13.1. The predicted octanol–water partition coefficient (Wildman–Crippen LogP) is 2.49. The van der Waals surface area contributed by atoms with Crippen LogP contribution >= 0.6 is 0 Å². The Bertz CT molecular complexity index is 828. The Balaban J connectivity index is 1.63. The van der Waals surface area contributed by atoms with Crippen molar-refractivity contribution in [2.75, 3.05) is 6.54 Å². The van der Waals surface area contributed by atoms with Gasteiger partial charge in [-0.15, -0.1) is 0 Å². The lowest BCUT2D eigenvalue weighted by atomic mass is 10.1. The molecule has 0 saturated heterocycles. The van der Waals surface area contributed by atoms with Crippen LogP contribution in [0.15, 0.2) is 30.6 Å². The maximum Gasteiger partial charge on any atom is 0.251 e. The maximum atomic E-state index is 12.2. The molecule has 0 aliphatic heterocycles. The molecule has 0 atom stereocenters. The van der Waals surface area contributed by atoms with Crippen molar-refractivity contribution >= 4 is 16.9 Å². The molecule has 3 aromatic rings. The first-order valence-electron chi connectivity index (χ1n) is 7.39. The first-order valence-corrected chi connectivity index (χ1v) is 7.39. The molecule has 2 N–H and O–H groups in total. The van der Waals surface area contributed by atoms with Gasteiger partial charge in [-0.1, -0.05) is 0 Å². The van der Waals surface area contributed by atoms with Gasteiger partial charge in [0.25, 0.3) is 5.91 Å². The number of aromatic nitrogens is 3. The minimum absolute atomic E-state index is 0.0539. The predicted molar refractivity (Wildman–Crippen MR) is 87.0 cm³/mol. The van der Waals surface area contributed by atoms with Crippen molar-refractivity contribution in [3.63, 3.8) is 0 Å². The summed E-state index contributed by atoms with van der Waals surface area (Å²) >= 11 is 0. The zero-order valence-electron chi connectivity index (χ0n) is 13.1. The van der Waals surface area contributed by atoms with E-state index in [-0.39, 0.29) is 5.91 Å². The second kappa shape index (κ2) is 5.67. The molecule has 114 valence electrons. The first-order chi connectivity index (χ1) is 10.6. The largest absolute Gasteiger partial charge is 0.352 e. The van der Waals surface area contributed by atoms with Crippen molar-refractivity contribution in [1.29, 1.82) is 0 Å². The van der Waals surface area contributed by atoms with Gasteiger partial charge in [0.1, 0.15) is 0 Å². The number of H-pyrrole nitrogens is 1. The molecule has 5 nitrogen and oxygen atoms in total. The summed E-state index contributed by atoms with van der Waals surface area (Å²) in [5.74, 6) is -0.0539. The Morgan fingerprint density at radius 2 is 2.14 bits per heavy atom. The van der Waals surface area contributed by atoms with Gasteiger partial charge in [-0.3, -0.25) is 4.79 Å². The molecule has 0 saturated carbocycles. The van der Waals surface area contributed by atoms with E-state index in [0.717, 1.165) is 17.5 Å². The number of aryl methyl sites for hydroxylation is 1. The lowest BCUT2D eigenvalue weighted by Crippen LogP contribution is -2.25. The van der Waals surface area contributed by atoms with Crippen LogP contribution in [0.25, 0.3) is 11.0 Å². The summed E-state index contributed by atoms with van der Waals surface area (Å²) in [5, 5.41) is 2.98. The average molecular weight is 296 g/mol. The van der Waals surface area contributed by atoms with Crippen molar-refractivity contribution in [1.82, 2.24) is 19.9 Å². The lowest BCUT2D eigenvalue weighted by Gasteiger charge is -2.06. The van der Waals surface area contributed by atoms with Crippen molar-refractivity contribution in [3.05, 3.63) is 53.1 Å². The number of benzene rings is 1. The number of carbonyl (C=O) groups is 1. The van der Waals surface area contributed by atoms with E-state index in [0.29, 0.717) is 12.1 Å². The molecule has 3 rings (SSSR count). The van der Waals surface area contributed by atoms with Crippen molar-refractivity contribution < 1.29 is 4.79 Å². The number of amides is 1. The zero-order chi connectivity index (χ0) is 15.7. The van der Waals surface area contributed by atoms with Gasteiger partial charge >= 0.3 is 0 Å². The maximum absolute atomic E-state index is 12.2. The second-order valence-electron chi connectivity index (χ2n) is 5.60. The van der Waals surface area contributed by atoms with Gasteiger partial charge in [0.05, 0.1) is 17.4 Å². The molecule has 0 aliphatic carbocycles. The standard InChI is InChI=1S/C17H20N4O/c1-11-8-13(12(2)21(11)3)6-7-18-17(22)14-4-5-15-16(9-14)20-10-19-15/h4-5,8-10H,6-7H2,1-3H3,(H,18,22)(H,19,20). The Labute approximate surface area is 129 Å². The highest BCUT2D eigenvalue weighted by Gasteiger charge is 2.09. The third-order valence-electron chi connectivity index (χ3n) is 4.24. The molecule has 22 heavy (non-hydrogen) atoms. The van der Waals surface area contributed by atoms with E-state index in [4.69, 9.17) is 0 Å². The SMILES string of the molecule is Cc1cc(CCNC(=O)c2ccc3nc[nH]c3c2)c(C)n1C. The topological polar surface area (TPSA) is 62.7 Å². The van der Waals surface area contributed by atoms with E-state index < -0.39 is 0 Å². The van der Waals surface area contributed by atoms with Crippen LogP contribution in [0.3, 0.4) is 0 Å². The molecule has 0 unspecified atom stereocenters. The number of aromatic amines is 1. The Morgan fingerprint density at radius 1 is 1.32 bits per heavy atom. The molecule has 0 aliphatic rings. The van der Waals surface area contributed by atoms with Crippen LogP contribution in [0.2, 0.25) is 0 Å². The Kier molecular flexibility index (Phi) is 3.71. The minimum Gasteiger partial charge on any atom is -0.352 e. The van der Waals surface area contributed by atoms with Crippen molar-refractivity contribution in [2.45, 2.75) is 20.3 Å². The quantitative estimate of drug-likeness (QED) is 0.777. The highest BCUT2D eigenvalue weighted by molar-refractivity contribution is 5.97. The highest BCUT2D eigenvalue weighted by atomic mass is 16.1. The molecular weight excluding hydrogens is 276 g/mol. The summed E-state index contributed by atoms with van der Waals surface area (Å²) in [6, 6.07) is 7.66. The van der Waals surface area contributed by atoms with Gasteiger partial charge < -0.3 is 14.9 Å². The van der Waals surface area contributed by atoms with Gasteiger partial charge in [0.2, 0.25) is 0 Å². The van der Waals surface area contributed by atoms with Gasteiger partial charge in [-0.05, 0) is 50.1 Å². The number of nitrogens with zero attached hydrogens (tertiary/aromatic N) is 2. The third kappa shape index (κ3) is 2.62. The van der Waals surface area contributed by atoms with Gasteiger partial charge in [0, 0.05) is 30.5 Å². The fraction of sp³-hybridized carbons (Fsp3) is 0.294. The Morgan fingerprint density at radius 3 is 2.86 bits per heavy atom. The average Bonchev–Trinajstić information content (AvgIpc) is 3.07. The van der Waals surface area contributed by atoms with Gasteiger partial charge in [0.15, 0.2) is 0 Å². The van der Waals surface area contributed by atoms with Gasteiger partial charge in [-0.25, -0.2) is 4.98 Å². The van der Waals surface area contributed by atoms with Crippen LogP contribution in [-0.2, 0) is 13.5 Å². The number of hydrogen-bond acceptors (Lipinski definition) is 2. The third-order valence-corrected chi connectivity index (χ3v) is 4.24. The van der Waals surface area contributed by atoms with Crippen LogP contribution in [0.4, 0.5) is 0 Å². The minimum atomic E-state index is -0.0539. The number of imidazole rings is 1. The molecule has 0 radical (unpaired) electrons. The number of rotatable bonds is 4. The van der Waals surface area contributed by atoms with E-state index in [1.54, 1.807) is 12.4 Å². The van der Waals surface area contributed by atoms with E-state index in [1.807, 2.05) is 12.1 Å². The summed E-state index contributed by atoms with van der Waals surface area (Å²) in [6.07, 6.45) is 2.47. The smallest absolute Gasteiger partial charge is 0.251 e. The van der Waals surface area contributed by atoms with E-state index >= 15 is 0 Å². The summed E-state index contributed by atoms with van der Waals surface area (Å²) < 4.78 is 2.17. The van der Waals surface area contributed by atoms with Crippen LogP contribution < -0.4 is 5.32 Å². The van der Waals surface area contributed by atoms with Crippen LogP contribution in [0.5, 0.6) is 0 Å². The fourth-order valence-electron chi connectivity index (χ4n) is 2.68. The molecule has 0 spiro atoms. The summed E-state index contributed by atoms with van der Waals surface area (Å²) in [5.41, 5.74) is 6.17. The lowest BCUT2D eigenvalue weighted by molar-refractivity contribution is 0.0954. The second-order valence-corrected chi connectivity index (χ2v) is 5.60. The fourth-order valence-corrected chi connectivity index (χ4v) is 2.68. The van der Waals surface area contributed by atoms with Crippen molar-refractivity contribution in [3.8, 4) is 0 Å². The van der Waals surface area contributed by atoms with Crippen LogP contribution in [-0.4, -0.2) is 27.0 Å². The summed E-state index contributed by atoms with van der Waals surface area (Å²) in [4.78, 5) is 19.4. The number of hydrogen-bond donors (Lipinski definition) is 2. The molecule has 1 amide bonds. The van der Waals surface area contributed by atoms with E-state index in [9.17, 15) is 4.79 Å².